The molecule has 3 heterocycles. The molecule has 5 rings (SSSR count). The van der Waals surface area contributed by atoms with Crippen LogP contribution in [0, 0.1) is 11.6 Å². The molecule has 1 aliphatic rings. The molecular formula is C31H38F2N4O4Si. The lowest BCUT2D eigenvalue weighted by Crippen LogP contribution is -2.22. The summed E-state index contributed by atoms with van der Waals surface area (Å²) in [7, 11) is 1.41. The molecular weight excluding hydrogens is 558 g/mol. The molecule has 0 radical (unpaired) electrons. The van der Waals surface area contributed by atoms with Gasteiger partial charge in [0.2, 0.25) is 0 Å². The van der Waals surface area contributed by atoms with Crippen molar-refractivity contribution in [1.82, 2.24) is 19.3 Å². The maximum Gasteiger partial charge on any atom is 0.171 e. The number of fused-ring (bicyclic) bond motifs is 1. The number of benzene rings is 1. The van der Waals surface area contributed by atoms with Gasteiger partial charge in [0.1, 0.15) is 18.2 Å². The first-order chi connectivity index (χ1) is 20.1. The lowest BCUT2D eigenvalue weighted by atomic mass is 9.94. The molecule has 0 atom stereocenters. The number of aromatic nitrogens is 4. The molecule has 0 unspecified atom stereocenters. The Morgan fingerprint density at radius 2 is 1.67 bits per heavy atom. The molecule has 0 bridgehead atoms. The molecule has 1 aromatic carbocycles. The smallest absolute Gasteiger partial charge is 0.171 e. The quantitative estimate of drug-likeness (QED) is 0.140. The van der Waals surface area contributed by atoms with Gasteiger partial charge in [0.05, 0.1) is 26.5 Å². The molecule has 0 N–H and O–H groups in total. The number of pyridine rings is 1. The Morgan fingerprint density at radius 3 is 2.31 bits per heavy atom. The molecule has 8 nitrogen and oxygen atoms in total. The van der Waals surface area contributed by atoms with E-state index in [2.05, 4.69) is 24.7 Å². The first-order valence-corrected chi connectivity index (χ1v) is 18.0. The predicted molar refractivity (Wildman–Crippen MR) is 160 cm³/mol. The van der Waals surface area contributed by atoms with E-state index in [0.29, 0.717) is 36.4 Å². The highest BCUT2D eigenvalue weighted by Gasteiger charge is 2.24. The highest BCUT2D eigenvalue weighted by Crippen LogP contribution is 2.35. The van der Waals surface area contributed by atoms with E-state index in [1.165, 1.54) is 20.3 Å². The number of halogens is 2. The maximum atomic E-state index is 15.4. The van der Waals surface area contributed by atoms with Gasteiger partial charge in [-0.25, -0.2) is 13.8 Å². The van der Waals surface area contributed by atoms with Crippen molar-refractivity contribution in [2.75, 3.05) is 20.8 Å². The normalized spacial score (nSPS) is 14.6. The van der Waals surface area contributed by atoms with E-state index in [9.17, 15) is 4.79 Å². The van der Waals surface area contributed by atoms with Gasteiger partial charge in [0, 0.05) is 80.7 Å². The van der Waals surface area contributed by atoms with Crippen molar-refractivity contribution >= 4 is 24.9 Å². The number of rotatable bonds is 11. The van der Waals surface area contributed by atoms with Crippen molar-refractivity contribution in [2.45, 2.75) is 70.6 Å². The topological polar surface area (TPSA) is 80.4 Å². The lowest BCUT2D eigenvalue weighted by molar-refractivity contribution is -0.120. The number of hydrogen-bond acceptors (Lipinski definition) is 6. The van der Waals surface area contributed by atoms with Gasteiger partial charge in [-0.05, 0) is 30.5 Å². The number of hydrogen-bond donors (Lipinski definition) is 0. The van der Waals surface area contributed by atoms with Crippen molar-refractivity contribution in [2.24, 2.45) is 0 Å². The van der Waals surface area contributed by atoms with Gasteiger partial charge in [-0.1, -0.05) is 19.6 Å². The SMILES string of the molecule is COc1cc(OC)c(F)c(Cc2cn(COCC[Si](C)(C)C)c3ncc(-c4cnn(C5CCC(=O)CC5)c4)cc23)c1F. The Kier molecular flexibility index (Phi) is 8.79. The van der Waals surface area contributed by atoms with Crippen molar-refractivity contribution in [3.8, 4) is 22.6 Å². The minimum Gasteiger partial charge on any atom is -0.494 e. The number of Topliss-reactive ketones (excluding diaryl/α,β-unsaturated/α-hetero) is 1. The summed E-state index contributed by atoms with van der Waals surface area (Å²) in [6.07, 6.45) is 10.1. The maximum absolute atomic E-state index is 15.4. The summed E-state index contributed by atoms with van der Waals surface area (Å²) in [5, 5.41) is 5.34. The van der Waals surface area contributed by atoms with Gasteiger partial charge in [0.25, 0.3) is 0 Å². The largest absolute Gasteiger partial charge is 0.494 e. The summed E-state index contributed by atoms with van der Waals surface area (Å²) < 4.78 is 50.8. The van der Waals surface area contributed by atoms with Crippen LogP contribution in [0.4, 0.5) is 8.78 Å². The summed E-state index contributed by atoms with van der Waals surface area (Å²) in [6.45, 7) is 7.79. The van der Waals surface area contributed by atoms with Crippen molar-refractivity contribution in [3.63, 3.8) is 0 Å². The fourth-order valence-corrected chi connectivity index (χ4v) is 6.09. The van der Waals surface area contributed by atoms with Crippen LogP contribution in [-0.2, 0) is 22.7 Å². The number of ether oxygens (including phenoxy) is 3. The fourth-order valence-electron chi connectivity index (χ4n) is 5.34. The minimum absolute atomic E-state index is 0.0376. The van der Waals surface area contributed by atoms with E-state index in [0.717, 1.165) is 35.4 Å². The third-order valence-corrected chi connectivity index (χ3v) is 9.58. The molecule has 42 heavy (non-hydrogen) atoms. The molecule has 1 fully saturated rings. The average molecular weight is 597 g/mol. The molecule has 0 aliphatic heterocycles. The number of carbonyl (C=O) groups is 1. The van der Waals surface area contributed by atoms with Crippen LogP contribution in [0.5, 0.6) is 11.5 Å². The Balaban J connectivity index is 1.51. The van der Waals surface area contributed by atoms with E-state index < -0.39 is 19.7 Å². The van der Waals surface area contributed by atoms with Gasteiger partial charge < -0.3 is 18.8 Å². The monoisotopic (exact) mass is 596 g/mol. The van der Waals surface area contributed by atoms with Crippen LogP contribution in [0.3, 0.4) is 0 Å². The fraction of sp³-hybridized carbons (Fsp3) is 0.452. The third kappa shape index (κ3) is 6.41. The van der Waals surface area contributed by atoms with Crippen LogP contribution in [0.1, 0.15) is 42.9 Å². The minimum atomic E-state index is -1.27. The zero-order valence-electron chi connectivity index (χ0n) is 24.9. The summed E-state index contributed by atoms with van der Waals surface area (Å²) in [5.74, 6) is -1.40. The van der Waals surface area contributed by atoms with E-state index in [1.807, 2.05) is 27.7 Å². The lowest BCUT2D eigenvalue weighted by Gasteiger charge is -2.21. The van der Waals surface area contributed by atoms with Crippen LogP contribution in [0.2, 0.25) is 25.7 Å². The number of carbonyl (C=O) groups excluding carboxylic acids is 1. The van der Waals surface area contributed by atoms with Crippen molar-refractivity contribution in [3.05, 3.63) is 59.7 Å². The summed E-state index contributed by atoms with van der Waals surface area (Å²) in [4.78, 5) is 16.5. The second-order valence-electron chi connectivity index (χ2n) is 12.1. The van der Waals surface area contributed by atoms with Crippen LogP contribution >= 0.6 is 0 Å². The third-order valence-electron chi connectivity index (χ3n) is 7.88. The van der Waals surface area contributed by atoms with Gasteiger partial charge in [-0.2, -0.15) is 5.10 Å². The molecule has 0 spiro atoms. The molecule has 1 aliphatic carbocycles. The Bertz CT molecular complexity index is 1560. The molecule has 4 aromatic rings. The van der Waals surface area contributed by atoms with Gasteiger partial charge in [-0.15, -0.1) is 0 Å². The zero-order chi connectivity index (χ0) is 30.0. The van der Waals surface area contributed by atoms with E-state index >= 15 is 8.78 Å². The van der Waals surface area contributed by atoms with Crippen LogP contribution in [0.15, 0.2) is 36.9 Å². The Morgan fingerprint density at radius 1 is 0.976 bits per heavy atom. The van der Waals surface area contributed by atoms with Crippen LogP contribution in [0.25, 0.3) is 22.2 Å². The van der Waals surface area contributed by atoms with E-state index in [-0.39, 0.29) is 36.3 Å². The van der Waals surface area contributed by atoms with Crippen LogP contribution < -0.4 is 9.47 Å². The van der Waals surface area contributed by atoms with Gasteiger partial charge in [-0.3, -0.25) is 9.48 Å². The first-order valence-electron chi connectivity index (χ1n) is 14.3. The summed E-state index contributed by atoms with van der Waals surface area (Å²) >= 11 is 0. The molecule has 0 amide bonds. The second-order valence-corrected chi connectivity index (χ2v) is 17.7. The number of methoxy groups -OCH3 is 2. The highest BCUT2D eigenvalue weighted by atomic mass is 28.3. The van der Waals surface area contributed by atoms with E-state index in [4.69, 9.17) is 19.2 Å². The summed E-state index contributed by atoms with van der Waals surface area (Å²) in [6, 6.07) is 4.40. The molecule has 11 heteroatoms. The molecule has 1 saturated carbocycles. The molecule has 0 saturated heterocycles. The Labute approximate surface area is 245 Å². The molecule has 3 aromatic heterocycles. The average Bonchev–Trinajstić information content (AvgIpc) is 3.59. The van der Waals surface area contributed by atoms with Crippen LogP contribution in [-0.4, -0.2) is 54.0 Å². The van der Waals surface area contributed by atoms with E-state index in [1.54, 1.807) is 12.4 Å². The Hall–Kier alpha value is -3.57. The molecule has 224 valence electrons. The number of ketones is 1. The number of nitrogens with zero attached hydrogens (tertiary/aromatic N) is 4. The van der Waals surface area contributed by atoms with Crippen molar-refractivity contribution < 1.29 is 27.8 Å². The highest BCUT2D eigenvalue weighted by molar-refractivity contribution is 6.76. The van der Waals surface area contributed by atoms with Gasteiger partial charge in [0.15, 0.2) is 23.1 Å². The predicted octanol–water partition coefficient (Wildman–Crippen LogP) is 6.78. The summed E-state index contributed by atoms with van der Waals surface area (Å²) in [5.41, 5.74) is 2.93. The first kappa shape index (κ1) is 29.9. The standard InChI is InChI=1S/C31H38F2N4O4Si/c1-39-27-14-28(40-2)30(33)26(29(27)32)13-21-17-36(19-41-10-11-42(3,4)5)31-25(21)12-20(15-34-31)22-16-35-37(18-22)23-6-8-24(38)9-7-23/h12,14-18,23H,6-11,13,19H2,1-5H3. The van der Waals surface area contributed by atoms with Gasteiger partial charge >= 0.3 is 0 Å². The second kappa shape index (κ2) is 12.3. The zero-order valence-corrected chi connectivity index (χ0v) is 25.9. The van der Waals surface area contributed by atoms with Crippen molar-refractivity contribution in [1.29, 1.82) is 0 Å².